The van der Waals surface area contributed by atoms with Gasteiger partial charge in [0.2, 0.25) is 10.0 Å². The SMILES string of the molecule is O=C(O)CNC(=O)c1ccc(S(=O)(=O)N2CCC(N3CCOCC3)CC2)cc1. The van der Waals surface area contributed by atoms with Gasteiger partial charge in [-0.05, 0) is 37.1 Å². The number of carboxylic acids is 1. The van der Waals surface area contributed by atoms with Gasteiger partial charge < -0.3 is 15.2 Å². The zero-order chi connectivity index (χ0) is 20.1. The molecule has 2 fully saturated rings. The van der Waals surface area contributed by atoms with Crippen LogP contribution in [0.1, 0.15) is 23.2 Å². The molecule has 10 heteroatoms. The van der Waals surface area contributed by atoms with Gasteiger partial charge >= 0.3 is 5.97 Å². The fourth-order valence-electron chi connectivity index (χ4n) is 3.58. The van der Waals surface area contributed by atoms with Gasteiger partial charge in [-0.3, -0.25) is 14.5 Å². The Bertz CT molecular complexity index is 797. The first-order valence-electron chi connectivity index (χ1n) is 9.30. The van der Waals surface area contributed by atoms with E-state index in [4.69, 9.17) is 9.84 Å². The van der Waals surface area contributed by atoms with Crippen LogP contribution in [-0.4, -0.2) is 86.6 Å². The average molecular weight is 411 g/mol. The molecule has 0 atom stereocenters. The summed E-state index contributed by atoms with van der Waals surface area (Å²) in [5.41, 5.74) is 0.214. The molecule has 154 valence electrons. The highest BCUT2D eigenvalue weighted by molar-refractivity contribution is 7.89. The smallest absolute Gasteiger partial charge is 0.322 e. The largest absolute Gasteiger partial charge is 0.480 e. The maximum absolute atomic E-state index is 12.9. The molecule has 2 heterocycles. The summed E-state index contributed by atoms with van der Waals surface area (Å²) in [6.45, 7) is 3.68. The molecule has 3 rings (SSSR count). The molecule has 0 aliphatic carbocycles. The maximum atomic E-state index is 12.9. The van der Waals surface area contributed by atoms with Gasteiger partial charge in [-0.1, -0.05) is 0 Å². The molecule has 0 bridgehead atoms. The predicted octanol–water partition coefficient (Wildman–Crippen LogP) is -0.0137. The Morgan fingerprint density at radius 3 is 2.25 bits per heavy atom. The summed E-state index contributed by atoms with van der Waals surface area (Å²) in [4.78, 5) is 24.9. The molecule has 9 nitrogen and oxygen atoms in total. The number of carboxylic acid groups (broad SMARTS) is 1. The summed E-state index contributed by atoms with van der Waals surface area (Å²) in [5, 5.41) is 10.8. The van der Waals surface area contributed by atoms with Crippen molar-refractivity contribution in [2.24, 2.45) is 0 Å². The Balaban J connectivity index is 1.60. The van der Waals surface area contributed by atoms with E-state index in [2.05, 4.69) is 10.2 Å². The van der Waals surface area contributed by atoms with Crippen LogP contribution >= 0.6 is 0 Å². The highest BCUT2D eigenvalue weighted by Crippen LogP contribution is 2.24. The first-order chi connectivity index (χ1) is 13.4. The van der Waals surface area contributed by atoms with E-state index in [1.54, 1.807) is 0 Å². The maximum Gasteiger partial charge on any atom is 0.322 e. The topological polar surface area (TPSA) is 116 Å². The van der Waals surface area contributed by atoms with E-state index in [9.17, 15) is 18.0 Å². The second-order valence-electron chi connectivity index (χ2n) is 6.88. The number of carbonyl (C=O) groups excluding carboxylic acids is 1. The number of piperidine rings is 1. The van der Waals surface area contributed by atoms with Crippen molar-refractivity contribution in [3.63, 3.8) is 0 Å². The molecule has 28 heavy (non-hydrogen) atoms. The Labute approximate surface area is 164 Å². The summed E-state index contributed by atoms with van der Waals surface area (Å²) in [6, 6.07) is 5.95. The van der Waals surface area contributed by atoms with Crippen LogP contribution in [0.3, 0.4) is 0 Å². The van der Waals surface area contributed by atoms with Crippen molar-refractivity contribution in [1.82, 2.24) is 14.5 Å². The van der Waals surface area contributed by atoms with Crippen molar-refractivity contribution in [3.8, 4) is 0 Å². The summed E-state index contributed by atoms with van der Waals surface area (Å²) in [6.07, 6.45) is 1.57. The Kier molecular flexibility index (Phi) is 6.65. The predicted molar refractivity (Wildman–Crippen MR) is 101 cm³/mol. The number of sulfonamides is 1. The molecular weight excluding hydrogens is 386 g/mol. The molecule has 2 aliphatic heterocycles. The molecule has 0 saturated carbocycles. The number of ether oxygens (including phenoxy) is 1. The molecule has 2 N–H and O–H groups in total. The highest BCUT2D eigenvalue weighted by atomic mass is 32.2. The van der Waals surface area contributed by atoms with E-state index in [1.807, 2.05) is 0 Å². The normalized spacial score (nSPS) is 20.0. The van der Waals surface area contributed by atoms with Gasteiger partial charge in [0.15, 0.2) is 0 Å². The van der Waals surface area contributed by atoms with Crippen LogP contribution in [0.25, 0.3) is 0 Å². The van der Waals surface area contributed by atoms with E-state index in [0.29, 0.717) is 19.1 Å². The number of nitrogens with one attached hydrogen (secondary N) is 1. The van der Waals surface area contributed by atoms with E-state index in [0.717, 1.165) is 39.1 Å². The van der Waals surface area contributed by atoms with Crippen LogP contribution in [0, 0.1) is 0 Å². The number of rotatable bonds is 6. The fraction of sp³-hybridized carbons (Fsp3) is 0.556. The number of carbonyl (C=O) groups is 2. The first-order valence-corrected chi connectivity index (χ1v) is 10.7. The second-order valence-corrected chi connectivity index (χ2v) is 8.82. The number of nitrogens with zero attached hydrogens (tertiary/aromatic N) is 2. The number of hydrogen-bond donors (Lipinski definition) is 2. The molecule has 0 aromatic heterocycles. The van der Waals surface area contributed by atoms with Crippen molar-refractivity contribution in [1.29, 1.82) is 0 Å². The lowest BCUT2D eigenvalue weighted by atomic mass is 10.0. The van der Waals surface area contributed by atoms with Crippen molar-refractivity contribution in [2.45, 2.75) is 23.8 Å². The van der Waals surface area contributed by atoms with Crippen LogP contribution in [0.4, 0.5) is 0 Å². The van der Waals surface area contributed by atoms with E-state index in [-0.39, 0.29) is 10.5 Å². The summed E-state index contributed by atoms with van der Waals surface area (Å²) < 4.78 is 32.6. The van der Waals surface area contributed by atoms with E-state index < -0.39 is 28.4 Å². The number of aliphatic carboxylic acids is 1. The Hall–Kier alpha value is -2.01. The zero-order valence-corrected chi connectivity index (χ0v) is 16.4. The van der Waals surface area contributed by atoms with Gasteiger partial charge in [-0.2, -0.15) is 4.31 Å². The molecule has 0 radical (unpaired) electrons. The summed E-state index contributed by atoms with van der Waals surface area (Å²) in [5.74, 6) is -1.70. The minimum Gasteiger partial charge on any atom is -0.480 e. The molecule has 2 saturated heterocycles. The van der Waals surface area contributed by atoms with Gasteiger partial charge in [-0.15, -0.1) is 0 Å². The monoisotopic (exact) mass is 411 g/mol. The van der Waals surface area contributed by atoms with Crippen LogP contribution in [0.2, 0.25) is 0 Å². The van der Waals surface area contributed by atoms with Crippen LogP contribution in [0.15, 0.2) is 29.2 Å². The standard InChI is InChI=1S/C18H25N3O6S/c22-17(23)13-19-18(24)14-1-3-16(4-2-14)28(25,26)21-7-5-15(6-8-21)20-9-11-27-12-10-20/h1-4,15H,5-13H2,(H,19,24)(H,22,23). The van der Waals surface area contributed by atoms with Gasteiger partial charge in [0.1, 0.15) is 6.54 Å². The van der Waals surface area contributed by atoms with Crippen molar-refractivity contribution < 1.29 is 27.9 Å². The minimum atomic E-state index is -3.62. The average Bonchev–Trinajstić information content (AvgIpc) is 2.73. The molecular formula is C18H25N3O6S. The minimum absolute atomic E-state index is 0.132. The third kappa shape index (κ3) is 4.88. The summed E-state index contributed by atoms with van der Waals surface area (Å²) in [7, 11) is -3.62. The van der Waals surface area contributed by atoms with Crippen molar-refractivity contribution in [3.05, 3.63) is 29.8 Å². The van der Waals surface area contributed by atoms with Crippen LogP contribution < -0.4 is 5.32 Å². The highest BCUT2D eigenvalue weighted by Gasteiger charge is 2.32. The number of benzene rings is 1. The number of amides is 1. The lowest BCUT2D eigenvalue weighted by Crippen LogP contribution is -2.50. The van der Waals surface area contributed by atoms with Crippen LogP contribution in [0.5, 0.6) is 0 Å². The zero-order valence-electron chi connectivity index (χ0n) is 15.5. The number of morpholine rings is 1. The van der Waals surface area contributed by atoms with Crippen molar-refractivity contribution >= 4 is 21.9 Å². The van der Waals surface area contributed by atoms with E-state index >= 15 is 0 Å². The molecule has 0 unspecified atom stereocenters. The second kappa shape index (κ2) is 8.99. The lowest BCUT2D eigenvalue weighted by Gasteiger charge is -2.39. The molecule has 1 aromatic rings. The van der Waals surface area contributed by atoms with Crippen molar-refractivity contribution in [2.75, 3.05) is 45.9 Å². The third-order valence-corrected chi connectivity index (χ3v) is 7.05. The molecule has 0 spiro atoms. The number of hydrogen-bond acceptors (Lipinski definition) is 6. The summed E-state index contributed by atoms with van der Waals surface area (Å²) >= 11 is 0. The quantitative estimate of drug-likeness (QED) is 0.676. The Morgan fingerprint density at radius 1 is 1.07 bits per heavy atom. The van der Waals surface area contributed by atoms with Gasteiger partial charge in [-0.25, -0.2) is 8.42 Å². The van der Waals surface area contributed by atoms with E-state index in [1.165, 1.54) is 28.6 Å². The first kappa shape index (κ1) is 20.7. The fourth-order valence-corrected chi connectivity index (χ4v) is 5.05. The van der Waals surface area contributed by atoms with Gasteiger partial charge in [0.05, 0.1) is 18.1 Å². The molecule has 1 aromatic carbocycles. The lowest BCUT2D eigenvalue weighted by molar-refractivity contribution is -0.135. The Morgan fingerprint density at radius 2 is 1.68 bits per heavy atom. The van der Waals surface area contributed by atoms with Crippen LogP contribution in [-0.2, 0) is 19.6 Å². The third-order valence-electron chi connectivity index (χ3n) is 5.14. The van der Waals surface area contributed by atoms with Gasteiger partial charge in [0.25, 0.3) is 5.91 Å². The molecule has 1 amide bonds. The van der Waals surface area contributed by atoms with Gasteiger partial charge in [0, 0.05) is 37.8 Å². The molecule has 2 aliphatic rings.